The summed E-state index contributed by atoms with van der Waals surface area (Å²) >= 11 is 0. The Morgan fingerprint density at radius 3 is 3.05 bits per heavy atom. The van der Waals surface area contributed by atoms with E-state index in [-0.39, 0.29) is 12.5 Å². The molecule has 5 heteroatoms. The zero-order chi connectivity index (χ0) is 15.3. The molecule has 5 nitrogen and oxygen atoms in total. The topological polar surface area (TPSA) is 67.2 Å². The molecule has 0 fully saturated rings. The number of anilines is 1. The molecule has 0 unspecified atom stereocenters. The van der Waals surface area contributed by atoms with Crippen LogP contribution in [-0.2, 0) is 17.8 Å². The summed E-state index contributed by atoms with van der Waals surface area (Å²) < 4.78 is 1.95. The molecule has 1 amide bonds. The first-order valence-corrected chi connectivity index (χ1v) is 7.17. The first-order chi connectivity index (χ1) is 10.7. The summed E-state index contributed by atoms with van der Waals surface area (Å²) in [5.74, 6) is 0.0214. The number of benzene rings is 1. The fourth-order valence-corrected chi connectivity index (χ4v) is 3.14. The lowest BCUT2D eigenvalue weighted by molar-refractivity contribution is -0.115. The molecule has 110 valence electrons. The minimum atomic E-state index is -0.0658. The lowest BCUT2D eigenvalue weighted by Crippen LogP contribution is -2.04. The third kappa shape index (κ3) is 1.83. The molecule has 0 radical (unpaired) electrons. The van der Waals surface area contributed by atoms with Crippen molar-refractivity contribution in [3.8, 4) is 5.69 Å². The highest BCUT2D eigenvalue weighted by Gasteiger charge is 2.21. The van der Waals surface area contributed by atoms with E-state index in [4.69, 9.17) is 0 Å². The van der Waals surface area contributed by atoms with Crippen LogP contribution in [0.1, 0.15) is 16.8 Å². The number of aromatic nitrogens is 2. The molecule has 2 aromatic heterocycles. The smallest absolute Gasteiger partial charge is 0.228 e. The molecule has 0 atom stereocenters. The highest BCUT2D eigenvalue weighted by Crippen LogP contribution is 2.32. The predicted molar refractivity (Wildman–Crippen MR) is 84.1 cm³/mol. The number of hydrogen-bond donors (Lipinski definition) is 2. The minimum Gasteiger partial charge on any atom is -0.390 e. The normalized spacial score (nSPS) is 13.5. The van der Waals surface area contributed by atoms with Crippen molar-refractivity contribution in [2.24, 2.45) is 0 Å². The van der Waals surface area contributed by atoms with Crippen molar-refractivity contribution in [3.05, 3.63) is 53.3 Å². The maximum absolute atomic E-state index is 11.6. The second kappa shape index (κ2) is 4.68. The van der Waals surface area contributed by atoms with E-state index in [0.29, 0.717) is 6.42 Å². The van der Waals surface area contributed by atoms with Crippen molar-refractivity contribution in [3.63, 3.8) is 0 Å². The summed E-state index contributed by atoms with van der Waals surface area (Å²) in [6.45, 7) is 1.91. The molecule has 0 aliphatic carbocycles. The van der Waals surface area contributed by atoms with Crippen molar-refractivity contribution in [2.45, 2.75) is 20.0 Å². The average Bonchev–Trinajstić information content (AvgIpc) is 3.06. The third-order valence-corrected chi connectivity index (χ3v) is 4.08. The molecule has 1 aromatic carbocycles. The van der Waals surface area contributed by atoms with Gasteiger partial charge in [-0.2, -0.15) is 0 Å². The summed E-state index contributed by atoms with van der Waals surface area (Å²) in [6.07, 6.45) is 2.14. The van der Waals surface area contributed by atoms with E-state index >= 15 is 0 Å². The minimum absolute atomic E-state index is 0.0214. The molecule has 1 aliphatic rings. The van der Waals surface area contributed by atoms with Gasteiger partial charge in [-0.3, -0.25) is 9.36 Å². The Hall–Kier alpha value is -2.66. The zero-order valence-electron chi connectivity index (χ0n) is 12.1. The van der Waals surface area contributed by atoms with Gasteiger partial charge < -0.3 is 10.4 Å². The number of aryl methyl sites for hydroxylation is 1. The van der Waals surface area contributed by atoms with Crippen LogP contribution >= 0.6 is 0 Å². The van der Waals surface area contributed by atoms with Gasteiger partial charge in [-0.05, 0) is 48.4 Å². The number of nitrogens with one attached hydrogen (secondary N) is 1. The lowest BCUT2D eigenvalue weighted by atomic mass is 10.1. The van der Waals surface area contributed by atoms with Gasteiger partial charge >= 0.3 is 0 Å². The lowest BCUT2D eigenvalue weighted by Gasteiger charge is -2.12. The monoisotopic (exact) mass is 293 g/mol. The van der Waals surface area contributed by atoms with Crippen LogP contribution < -0.4 is 5.32 Å². The summed E-state index contributed by atoms with van der Waals surface area (Å²) in [5, 5.41) is 13.5. The number of nitrogens with zero attached hydrogens (tertiary/aromatic N) is 2. The first-order valence-electron chi connectivity index (χ1n) is 7.17. The molecule has 0 spiro atoms. The molecule has 3 heterocycles. The Morgan fingerprint density at radius 2 is 2.23 bits per heavy atom. The van der Waals surface area contributed by atoms with Gasteiger partial charge in [0.05, 0.1) is 18.7 Å². The molecule has 22 heavy (non-hydrogen) atoms. The largest absolute Gasteiger partial charge is 0.390 e. The maximum atomic E-state index is 11.6. The van der Waals surface area contributed by atoms with Gasteiger partial charge in [0.1, 0.15) is 5.65 Å². The second-order valence-corrected chi connectivity index (χ2v) is 5.57. The van der Waals surface area contributed by atoms with Gasteiger partial charge in [0.2, 0.25) is 5.91 Å². The number of aliphatic hydroxyl groups is 1. The van der Waals surface area contributed by atoms with Gasteiger partial charge in [-0.25, -0.2) is 4.98 Å². The Balaban J connectivity index is 1.98. The van der Waals surface area contributed by atoms with E-state index in [9.17, 15) is 9.90 Å². The van der Waals surface area contributed by atoms with Crippen molar-refractivity contribution in [2.75, 3.05) is 5.32 Å². The van der Waals surface area contributed by atoms with E-state index in [1.807, 2.05) is 41.8 Å². The summed E-state index contributed by atoms with van der Waals surface area (Å²) in [4.78, 5) is 16.0. The van der Waals surface area contributed by atoms with Crippen LogP contribution in [0.15, 0.2) is 36.5 Å². The van der Waals surface area contributed by atoms with Crippen LogP contribution in [-0.4, -0.2) is 20.6 Å². The first kappa shape index (κ1) is 13.0. The van der Waals surface area contributed by atoms with Crippen molar-refractivity contribution < 1.29 is 9.90 Å². The van der Waals surface area contributed by atoms with Gasteiger partial charge in [0, 0.05) is 23.0 Å². The van der Waals surface area contributed by atoms with Crippen LogP contribution in [0.4, 0.5) is 5.69 Å². The van der Waals surface area contributed by atoms with E-state index < -0.39 is 0 Å². The van der Waals surface area contributed by atoms with Crippen LogP contribution in [0, 0.1) is 6.92 Å². The molecular formula is C17H15N3O2. The SMILES string of the molecule is Cc1cc(-n2c(CO)cc3cccnc32)cc2c1NC(=O)C2. The highest BCUT2D eigenvalue weighted by molar-refractivity contribution is 6.00. The van der Waals surface area contributed by atoms with Crippen LogP contribution in [0.3, 0.4) is 0 Å². The number of fused-ring (bicyclic) bond motifs is 2. The van der Waals surface area contributed by atoms with E-state index in [1.165, 1.54) is 0 Å². The van der Waals surface area contributed by atoms with Crippen LogP contribution in [0.25, 0.3) is 16.7 Å². The molecule has 1 aliphatic heterocycles. The summed E-state index contributed by atoms with van der Waals surface area (Å²) in [5.41, 5.74) is 5.42. The maximum Gasteiger partial charge on any atom is 0.228 e. The quantitative estimate of drug-likeness (QED) is 0.762. The third-order valence-electron chi connectivity index (χ3n) is 4.08. The zero-order valence-corrected chi connectivity index (χ0v) is 12.1. The average molecular weight is 293 g/mol. The summed E-state index contributed by atoms with van der Waals surface area (Å²) in [6, 6.07) is 9.80. The number of carbonyl (C=O) groups excluding carboxylic acids is 1. The molecule has 2 N–H and O–H groups in total. The van der Waals surface area contributed by atoms with Gasteiger partial charge in [0.15, 0.2) is 0 Å². The van der Waals surface area contributed by atoms with Gasteiger partial charge in [-0.15, -0.1) is 0 Å². The van der Waals surface area contributed by atoms with E-state index in [1.54, 1.807) is 6.20 Å². The molecule has 3 aromatic rings. The van der Waals surface area contributed by atoms with Crippen LogP contribution in [0.2, 0.25) is 0 Å². The van der Waals surface area contributed by atoms with E-state index in [2.05, 4.69) is 10.3 Å². The molecule has 0 saturated heterocycles. The standard InChI is InChI=1S/C17H15N3O2/c1-10-5-13(7-12-8-15(22)19-16(10)12)20-14(9-21)6-11-3-2-4-18-17(11)20/h2-7,21H,8-9H2,1H3,(H,19,22). The second-order valence-electron chi connectivity index (χ2n) is 5.57. The number of rotatable bonds is 2. The van der Waals surface area contributed by atoms with Crippen LogP contribution in [0.5, 0.6) is 0 Å². The Labute approximate surface area is 127 Å². The molecular weight excluding hydrogens is 278 g/mol. The predicted octanol–water partition coefficient (Wildman–Crippen LogP) is 2.32. The fourth-order valence-electron chi connectivity index (χ4n) is 3.14. The van der Waals surface area contributed by atoms with Crippen molar-refractivity contribution in [1.82, 2.24) is 9.55 Å². The number of hydrogen-bond acceptors (Lipinski definition) is 3. The Bertz CT molecular complexity index is 912. The molecule has 4 rings (SSSR count). The Kier molecular flexibility index (Phi) is 2.77. The van der Waals surface area contributed by atoms with Crippen molar-refractivity contribution in [1.29, 1.82) is 0 Å². The fraction of sp³-hybridized carbons (Fsp3) is 0.176. The van der Waals surface area contributed by atoms with Crippen molar-refractivity contribution >= 4 is 22.6 Å². The molecule has 0 saturated carbocycles. The molecule has 0 bridgehead atoms. The Morgan fingerprint density at radius 1 is 1.36 bits per heavy atom. The van der Waals surface area contributed by atoms with E-state index in [0.717, 1.165) is 39.2 Å². The number of pyridine rings is 1. The van der Waals surface area contributed by atoms with Gasteiger partial charge in [-0.1, -0.05) is 0 Å². The number of amides is 1. The highest BCUT2D eigenvalue weighted by atomic mass is 16.3. The number of aliphatic hydroxyl groups excluding tert-OH is 1. The van der Waals surface area contributed by atoms with Gasteiger partial charge in [0.25, 0.3) is 0 Å². The summed E-state index contributed by atoms with van der Waals surface area (Å²) in [7, 11) is 0. The number of carbonyl (C=O) groups is 1.